The van der Waals surface area contributed by atoms with Crippen LogP contribution in [0.4, 0.5) is 0 Å². The number of hydrogen-bond acceptors (Lipinski definition) is 27. The SMILES string of the molecule is O=C1O[C@H]2[C@H](OC(=O)c3cc(O)c(O)c(O)c3)[C@@H](OC(=O)c3cc(O)c(O)c4c3[C@@H]3C1=CC(=O)C(O)(O)[C@]3(O)O4)[C@@H]1OC(=O)c3cc(O)c(O)c(O)c3-c3c(cc(O)c(O)c3O)C(=O)OC[C@H]2O1. The Kier molecular flexibility index (Phi) is 9.64. The average molecular weight is 953 g/mol. The van der Waals surface area contributed by atoms with E-state index in [1.807, 2.05) is 0 Å². The number of carbonyl (C=O) groups excluding carboxylic acids is 6. The van der Waals surface area contributed by atoms with Crippen LogP contribution in [0.2, 0.25) is 0 Å². The third-order valence-electron chi connectivity index (χ3n) is 11.5. The molecule has 4 aromatic carbocycles. The fraction of sp³-hybridized carbons (Fsp3) is 0.220. The van der Waals surface area contributed by atoms with E-state index < -0.39 is 204 Å². The Bertz CT molecular complexity index is 3020. The van der Waals surface area contributed by atoms with Gasteiger partial charge in [0.25, 0.3) is 11.6 Å². The molecule has 0 saturated carbocycles. The van der Waals surface area contributed by atoms with Crippen LogP contribution in [-0.4, -0.2) is 156 Å². The first-order chi connectivity index (χ1) is 31.9. The third-order valence-corrected chi connectivity index (χ3v) is 11.5. The molecule has 354 valence electrons. The summed E-state index contributed by atoms with van der Waals surface area (Å²) in [6.07, 6.45) is -12.1. The summed E-state index contributed by atoms with van der Waals surface area (Å²) in [6, 6.07) is 2.35. The summed E-state index contributed by atoms with van der Waals surface area (Å²) < 4.78 is 39.1. The number of cyclic esters (lactones) is 1. The van der Waals surface area contributed by atoms with Gasteiger partial charge in [0.05, 0.1) is 33.7 Å². The largest absolute Gasteiger partial charge is 0.504 e. The molecule has 0 aromatic heterocycles. The molecule has 7 atom stereocenters. The molecule has 1 fully saturated rings. The van der Waals surface area contributed by atoms with Gasteiger partial charge in [-0.05, 0) is 36.4 Å². The lowest BCUT2D eigenvalue weighted by Gasteiger charge is -2.44. The molecule has 27 heteroatoms. The van der Waals surface area contributed by atoms with Gasteiger partial charge in [-0.15, -0.1) is 0 Å². The number of ether oxygens (including phenoxy) is 7. The number of phenolic OH excluding ortho intramolecular Hbond substituents is 11. The van der Waals surface area contributed by atoms with Crippen molar-refractivity contribution in [3.63, 3.8) is 0 Å². The van der Waals surface area contributed by atoms with Crippen LogP contribution in [0.25, 0.3) is 11.1 Å². The van der Waals surface area contributed by atoms with E-state index in [1.54, 1.807) is 0 Å². The fourth-order valence-electron chi connectivity index (χ4n) is 8.26. The summed E-state index contributed by atoms with van der Waals surface area (Å²) in [7, 11) is 0. The van der Waals surface area contributed by atoms with E-state index in [9.17, 15) is 100 Å². The quantitative estimate of drug-likeness (QED) is 0.0491. The molecule has 27 nitrogen and oxygen atoms in total. The minimum absolute atomic E-state index is 0.206. The molecule has 0 radical (unpaired) electrons. The Morgan fingerprint density at radius 3 is 1.71 bits per heavy atom. The highest BCUT2D eigenvalue weighted by Gasteiger charge is 2.70. The highest BCUT2D eigenvalue weighted by molar-refractivity contribution is 6.09. The number of benzene rings is 4. The molecule has 1 saturated heterocycles. The first-order valence-corrected chi connectivity index (χ1v) is 19.1. The third kappa shape index (κ3) is 6.21. The van der Waals surface area contributed by atoms with Crippen molar-refractivity contribution in [2.24, 2.45) is 0 Å². The van der Waals surface area contributed by atoms with Gasteiger partial charge in [-0.2, -0.15) is 0 Å². The van der Waals surface area contributed by atoms with Crippen molar-refractivity contribution >= 4 is 35.6 Å². The molecular formula is C41H28O27. The van der Waals surface area contributed by atoms with Crippen LogP contribution in [0, 0.1) is 0 Å². The first-order valence-electron chi connectivity index (χ1n) is 19.1. The number of fused-ring (bicyclic) bond motifs is 9. The van der Waals surface area contributed by atoms with Gasteiger partial charge in [0.15, 0.2) is 64.0 Å². The fourth-order valence-corrected chi connectivity index (χ4v) is 8.26. The Balaban J connectivity index is 1.29. The topological polar surface area (TPSA) is 450 Å². The summed E-state index contributed by atoms with van der Waals surface area (Å²) in [5, 5.41) is 150. The lowest BCUT2D eigenvalue weighted by molar-refractivity contribution is -0.323. The van der Waals surface area contributed by atoms with Crippen LogP contribution >= 0.6 is 0 Å². The van der Waals surface area contributed by atoms with Crippen LogP contribution in [0.15, 0.2) is 42.0 Å². The number of hydrogen-bond donors (Lipinski definition) is 14. The molecule has 68 heavy (non-hydrogen) atoms. The second-order valence-corrected chi connectivity index (χ2v) is 15.5. The molecule has 1 aliphatic carbocycles. The van der Waals surface area contributed by atoms with Gasteiger partial charge in [-0.3, -0.25) is 4.79 Å². The first kappa shape index (κ1) is 44.3. The summed E-state index contributed by atoms with van der Waals surface area (Å²) in [6.45, 7) is -1.31. The van der Waals surface area contributed by atoms with Gasteiger partial charge >= 0.3 is 29.8 Å². The van der Waals surface area contributed by atoms with E-state index in [2.05, 4.69) is 0 Å². The summed E-state index contributed by atoms with van der Waals surface area (Å²) in [5.74, 6) is -36.2. The zero-order chi connectivity index (χ0) is 49.4. The molecule has 9 rings (SSSR count). The Labute approximate surface area is 373 Å². The summed E-state index contributed by atoms with van der Waals surface area (Å²) >= 11 is 0. The molecule has 4 aliphatic heterocycles. The van der Waals surface area contributed by atoms with Gasteiger partial charge in [0, 0.05) is 16.7 Å². The van der Waals surface area contributed by atoms with Crippen LogP contribution in [0.5, 0.6) is 69.0 Å². The molecule has 0 unspecified atom stereocenters. The molecule has 4 bridgehead atoms. The molecule has 4 heterocycles. The number of ketones is 1. The van der Waals surface area contributed by atoms with Crippen molar-refractivity contribution in [1.82, 2.24) is 0 Å². The summed E-state index contributed by atoms with van der Waals surface area (Å²) in [4.78, 5) is 84.6. The lowest BCUT2D eigenvalue weighted by Crippen LogP contribution is -2.66. The van der Waals surface area contributed by atoms with Gasteiger partial charge < -0.3 is 105 Å². The number of esters is 5. The zero-order valence-electron chi connectivity index (χ0n) is 33.2. The number of rotatable bonds is 2. The molecule has 5 aliphatic rings. The smallest absolute Gasteiger partial charge is 0.341 e. The van der Waals surface area contributed by atoms with Crippen molar-refractivity contribution in [3.05, 3.63) is 69.8 Å². The number of phenols is 11. The van der Waals surface area contributed by atoms with Crippen LogP contribution in [0.1, 0.15) is 52.9 Å². The van der Waals surface area contributed by atoms with Crippen molar-refractivity contribution < 1.29 is 133 Å². The van der Waals surface area contributed by atoms with Gasteiger partial charge in [0.1, 0.15) is 12.7 Å². The average Bonchev–Trinajstić information content (AvgIpc) is 3.61. The van der Waals surface area contributed by atoms with E-state index in [-0.39, 0.29) is 6.08 Å². The van der Waals surface area contributed by atoms with Crippen molar-refractivity contribution in [2.75, 3.05) is 6.61 Å². The highest BCUT2D eigenvalue weighted by Crippen LogP contribution is 2.60. The highest BCUT2D eigenvalue weighted by atomic mass is 16.8. The van der Waals surface area contributed by atoms with Crippen LogP contribution in [0.3, 0.4) is 0 Å². The molecular weight excluding hydrogens is 924 g/mol. The molecule has 4 aromatic rings. The monoisotopic (exact) mass is 952 g/mol. The second kappa shape index (κ2) is 14.8. The predicted molar refractivity (Wildman–Crippen MR) is 204 cm³/mol. The predicted octanol–water partition coefficient (Wildman–Crippen LogP) is -1.10. The van der Waals surface area contributed by atoms with Crippen LogP contribution < -0.4 is 4.74 Å². The van der Waals surface area contributed by atoms with Crippen molar-refractivity contribution in [1.29, 1.82) is 0 Å². The van der Waals surface area contributed by atoms with Crippen LogP contribution in [-0.2, 0) is 38.0 Å². The second-order valence-electron chi connectivity index (χ2n) is 15.5. The van der Waals surface area contributed by atoms with Crippen molar-refractivity contribution in [3.8, 4) is 80.1 Å². The normalized spacial score (nSPS) is 25.7. The van der Waals surface area contributed by atoms with Gasteiger partial charge in [0.2, 0.25) is 35.4 Å². The molecule has 14 N–H and O–H groups in total. The Hall–Kier alpha value is -8.92. The maximum atomic E-state index is 14.6. The van der Waals surface area contributed by atoms with Gasteiger partial charge in [-0.25, -0.2) is 24.0 Å². The number of carbonyl (C=O) groups is 6. The maximum absolute atomic E-state index is 14.6. The Morgan fingerprint density at radius 2 is 1.10 bits per heavy atom. The lowest BCUT2D eigenvalue weighted by atomic mass is 9.74. The minimum atomic E-state index is -4.02. The van der Waals surface area contributed by atoms with E-state index in [0.717, 1.165) is 0 Å². The standard InChI is InChI=1S/C41H28O27/c42-13-1-8(2-14(43)24(13)48)34(54)65-32-30-18-7-62-35(55)9-3-15(44)25(49)28(52)20(9)21-10(4-16(45)26(50)29(21)53)37(57)67-39(63-18)33(32)66-36(56)11-5-17(46)27(51)31-22(11)23-12(38(58)64-30)6-19(47)40(59,60)41(23,61)68-31/h1-6,18,23,30,32-33,39,42-46,48-53,59-61H,7H2/t18-,23+,30-,32+,33-,39+,41-/m1/s1. The van der Waals surface area contributed by atoms with E-state index in [4.69, 9.17) is 33.2 Å². The zero-order valence-corrected chi connectivity index (χ0v) is 33.2. The molecule has 0 amide bonds. The number of aromatic hydroxyl groups is 11. The van der Waals surface area contributed by atoms with E-state index in [0.29, 0.717) is 30.3 Å². The maximum Gasteiger partial charge on any atom is 0.341 e. The molecule has 0 spiro atoms. The summed E-state index contributed by atoms with van der Waals surface area (Å²) in [5.41, 5.74) is -8.22. The minimum Gasteiger partial charge on any atom is -0.504 e. The van der Waals surface area contributed by atoms with E-state index in [1.165, 1.54) is 0 Å². The van der Waals surface area contributed by atoms with Crippen molar-refractivity contribution in [2.45, 2.75) is 48.2 Å². The van der Waals surface area contributed by atoms with Gasteiger partial charge in [-0.1, -0.05) is 0 Å². The Morgan fingerprint density at radius 1 is 0.588 bits per heavy atom. The van der Waals surface area contributed by atoms with E-state index >= 15 is 0 Å². The number of aliphatic hydroxyl groups is 3.